The number of aryl methyl sites for hydroxylation is 1. The van der Waals surface area contributed by atoms with E-state index in [4.69, 9.17) is 0 Å². The average molecular weight is 513 g/mol. The molecule has 1 aliphatic heterocycles. The Bertz CT molecular complexity index is 1420. The van der Waals surface area contributed by atoms with E-state index in [9.17, 15) is 14.0 Å². The molecule has 6 nitrogen and oxygen atoms in total. The summed E-state index contributed by atoms with van der Waals surface area (Å²) >= 11 is 0. The van der Waals surface area contributed by atoms with E-state index in [0.29, 0.717) is 43.9 Å². The third kappa shape index (κ3) is 5.94. The number of amides is 2. The Hall–Kier alpha value is -3.97. The van der Waals surface area contributed by atoms with Gasteiger partial charge in [-0.1, -0.05) is 49.4 Å². The van der Waals surface area contributed by atoms with Crippen molar-refractivity contribution in [3.8, 4) is 0 Å². The van der Waals surface area contributed by atoms with E-state index in [0.717, 1.165) is 41.7 Å². The number of piperazine rings is 1. The number of hydrogen-bond acceptors (Lipinski definition) is 3. The summed E-state index contributed by atoms with van der Waals surface area (Å²) in [5.74, 6) is -0.387. The number of nitrogens with zero attached hydrogens (tertiary/aromatic N) is 3. The number of likely N-dealkylation sites (N-methyl/N-ethyl adjacent to an activating group) is 1. The number of aromatic nitrogens is 1. The van der Waals surface area contributed by atoms with Crippen LogP contribution in [0.25, 0.3) is 10.9 Å². The van der Waals surface area contributed by atoms with Crippen LogP contribution in [0.5, 0.6) is 0 Å². The lowest BCUT2D eigenvalue weighted by Crippen LogP contribution is -2.48. The van der Waals surface area contributed by atoms with E-state index >= 15 is 0 Å². The molecule has 0 spiro atoms. The summed E-state index contributed by atoms with van der Waals surface area (Å²) < 4.78 is 15.9. The van der Waals surface area contributed by atoms with Gasteiger partial charge in [0, 0.05) is 55.7 Å². The van der Waals surface area contributed by atoms with Gasteiger partial charge in [-0.3, -0.25) is 9.59 Å². The van der Waals surface area contributed by atoms with Gasteiger partial charge in [0.15, 0.2) is 0 Å². The fourth-order valence-electron chi connectivity index (χ4n) is 5.07. The second-order valence-corrected chi connectivity index (χ2v) is 9.78. The zero-order chi connectivity index (χ0) is 26.5. The quantitative estimate of drug-likeness (QED) is 0.354. The molecule has 1 fully saturated rings. The molecule has 7 heteroatoms. The molecule has 196 valence electrons. The van der Waals surface area contributed by atoms with Crippen molar-refractivity contribution in [2.24, 2.45) is 0 Å². The molecule has 2 heterocycles. The third-order valence-electron chi connectivity index (χ3n) is 7.22. The summed E-state index contributed by atoms with van der Waals surface area (Å²) in [5, 5.41) is 3.85. The molecule has 0 aliphatic carbocycles. The van der Waals surface area contributed by atoms with Crippen LogP contribution in [0.15, 0.2) is 78.9 Å². The van der Waals surface area contributed by atoms with Crippen LogP contribution < -0.4 is 5.32 Å². The highest BCUT2D eigenvalue weighted by Gasteiger charge is 2.25. The topological polar surface area (TPSA) is 57.6 Å². The fourth-order valence-corrected chi connectivity index (χ4v) is 5.07. The van der Waals surface area contributed by atoms with Crippen LogP contribution in [0.2, 0.25) is 0 Å². The minimum Gasteiger partial charge on any atom is -0.335 e. The Morgan fingerprint density at radius 1 is 0.868 bits per heavy atom. The molecule has 1 aliphatic rings. The Labute approximate surface area is 222 Å². The summed E-state index contributed by atoms with van der Waals surface area (Å²) in [6.45, 7) is 6.54. The van der Waals surface area contributed by atoms with E-state index in [2.05, 4.69) is 17.1 Å². The zero-order valence-corrected chi connectivity index (χ0v) is 21.7. The molecular weight excluding hydrogens is 479 g/mol. The van der Waals surface area contributed by atoms with E-state index in [1.165, 1.54) is 12.1 Å². The second kappa shape index (κ2) is 11.6. The molecule has 2 amide bonds. The number of benzene rings is 3. The van der Waals surface area contributed by atoms with Crippen LogP contribution in [0, 0.1) is 5.82 Å². The largest absolute Gasteiger partial charge is 0.335 e. The number of nitrogens with one attached hydrogen (secondary N) is 1. The molecule has 5 rings (SSSR count). The highest BCUT2D eigenvalue weighted by Crippen LogP contribution is 2.26. The highest BCUT2D eigenvalue weighted by atomic mass is 19.1. The molecular formula is C31H33FN4O2. The first kappa shape index (κ1) is 25.7. The van der Waals surface area contributed by atoms with Gasteiger partial charge in [0.25, 0.3) is 5.91 Å². The molecule has 0 unspecified atom stereocenters. The molecule has 38 heavy (non-hydrogen) atoms. The first-order chi connectivity index (χ1) is 18.5. The number of rotatable bonds is 8. The van der Waals surface area contributed by atoms with Crippen molar-refractivity contribution in [2.45, 2.75) is 26.3 Å². The molecule has 0 radical (unpaired) electrons. The van der Waals surface area contributed by atoms with Gasteiger partial charge in [0.1, 0.15) is 11.5 Å². The standard InChI is InChI=1S/C31H33FN4O2/c1-2-34-15-17-35(18-16-34)31(38)29-21-25-20-27(33-30(37)14-11-23-7-4-3-5-8-23)12-13-28(25)36(29)22-24-9-6-10-26(32)19-24/h3-10,12-13,19-21H,2,11,14-18,22H2,1H3,(H,33,37). The van der Waals surface area contributed by atoms with Gasteiger partial charge in [-0.25, -0.2) is 4.39 Å². The maximum absolute atomic E-state index is 13.9. The number of halogens is 1. The van der Waals surface area contributed by atoms with Gasteiger partial charge in [0.05, 0.1) is 0 Å². The van der Waals surface area contributed by atoms with Gasteiger partial charge < -0.3 is 19.7 Å². The summed E-state index contributed by atoms with van der Waals surface area (Å²) in [5.41, 5.74) is 4.03. The van der Waals surface area contributed by atoms with Gasteiger partial charge in [-0.05, 0) is 60.5 Å². The minimum atomic E-state index is -0.303. The normalized spacial score (nSPS) is 14.1. The van der Waals surface area contributed by atoms with Crippen LogP contribution in [0.4, 0.5) is 10.1 Å². The summed E-state index contributed by atoms with van der Waals surface area (Å²) in [6, 6.07) is 24.0. The molecule has 1 aromatic heterocycles. The predicted octanol–water partition coefficient (Wildman–Crippen LogP) is 5.18. The van der Waals surface area contributed by atoms with Crippen LogP contribution >= 0.6 is 0 Å². The molecule has 4 aromatic rings. The van der Waals surface area contributed by atoms with Gasteiger partial charge in [-0.15, -0.1) is 0 Å². The molecule has 1 saturated heterocycles. The number of anilines is 1. The monoisotopic (exact) mass is 512 g/mol. The Morgan fingerprint density at radius 3 is 2.37 bits per heavy atom. The Kier molecular flexibility index (Phi) is 7.84. The Balaban J connectivity index is 1.40. The van der Waals surface area contributed by atoms with Crippen molar-refractivity contribution in [3.05, 3.63) is 102 Å². The lowest BCUT2D eigenvalue weighted by Gasteiger charge is -2.34. The van der Waals surface area contributed by atoms with E-state index < -0.39 is 0 Å². The highest BCUT2D eigenvalue weighted by molar-refractivity contribution is 6.00. The van der Waals surface area contributed by atoms with Gasteiger partial charge in [0.2, 0.25) is 5.91 Å². The minimum absolute atomic E-state index is 0.0261. The van der Waals surface area contributed by atoms with E-state index in [1.807, 2.05) is 70.1 Å². The summed E-state index contributed by atoms with van der Waals surface area (Å²) in [6.07, 6.45) is 1.05. The number of fused-ring (bicyclic) bond motifs is 1. The summed E-state index contributed by atoms with van der Waals surface area (Å²) in [7, 11) is 0. The molecule has 1 N–H and O–H groups in total. The SMILES string of the molecule is CCN1CCN(C(=O)c2cc3cc(NC(=O)CCc4ccccc4)ccc3n2Cc2cccc(F)c2)CC1. The summed E-state index contributed by atoms with van der Waals surface area (Å²) in [4.78, 5) is 30.5. The Morgan fingerprint density at radius 2 is 1.63 bits per heavy atom. The van der Waals surface area contributed by atoms with Crippen molar-refractivity contribution in [1.82, 2.24) is 14.4 Å². The number of carbonyl (C=O) groups is 2. The zero-order valence-electron chi connectivity index (χ0n) is 21.7. The van der Waals surface area contributed by atoms with Crippen molar-refractivity contribution < 1.29 is 14.0 Å². The van der Waals surface area contributed by atoms with Crippen molar-refractivity contribution in [1.29, 1.82) is 0 Å². The predicted molar refractivity (Wildman–Crippen MR) is 149 cm³/mol. The van der Waals surface area contributed by atoms with Crippen molar-refractivity contribution in [2.75, 3.05) is 38.0 Å². The van der Waals surface area contributed by atoms with Crippen LogP contribution in [-0.4, -0.2) is 58.9 Å². The van der Waals surface area contributed by atoms with Crippen LogP contribution in [0.1, 0.15) is 35.0 Å². The molecule has 0 bridgehead atoms. The number of hydrogen-bond donors (Lipinski definition) is 1. The van der Waals surface area contributed by atoms with Gasteiger partial charge in [-0.2, -0.15) is 0 Å². The number of carbonyl (C=O) groups excluding carboxylic acids is 2. The lowest BCUT2D eigenvalue weighted by atomic mass is 10.1. The molecule has 3 aromatic carbocycles. The molecule has 0 atom stereocenters. The smallest absolute Gasteiger partial charge is 0.270 e. The maximum atomic E-state index is 13.9. The van der Waals surface area contributed by atoms with E-state index in [1.54, 1.807) is 6.07 Å². The lowest BCUT2D eigenvalue weighted by molar-refractivity contribution is -0.116. The van der Waals surface area contributed by atoms with Gasteiger partial charge >= 0.3 is 0 Å². The van der Waals surface area contributed by atoms with Crippen molar-refractivity contribution in [3.63, 3.8) is 0 Å². The first-order valence-corrected chi connectivity index (χ1v) is 13.2. The van der Waals surface area contributed by atoms with Crippen LogP contribution in [0.3, 0.4) is 0 Å². The maximum Gasteiger partial charge on any atom is 0.270 e. The third-order valence-corrected chi connectivity index (χ3v) is 7.22. The second-order valence-electron chi connectivity index (χ2n) is 9.78. The van der Waals surface area contributed by atoms with Crippen molar-refractivity contribution >= 4 is 28.4 Å². The first-order valence-electron chi connectivity index (χ1n) is 13.2. The van der Waals surface area contributed by atoms with Crippen LogP contribution in [-0.2, 0) is 17.8 Å². The average Bonchev–Trinajstić information content (AvgIpc) is 3.29. The fraction of sp³-hybridized carbons (Fsp3) is 0.290. The van der Waals surface area contributed by atoms with E-state index in [-0.39, 0.29) is 17.6 Å². The molecule has 0 saturated carbocycles.